The summed E-state index contributed by atoms with van der Waals surface area (Å²) in [6.45, 7) is 0.282. The maximum absolute atomic E-state index is 11.6. The van der Waals surface area contributed by atoms with Gasteiger partial charge in [0.2, 0.25) is 13.6 Å². The molecule has 48 heavy (non-hydrogen) atoms. The van der Waals surface area contributed by atoms with Gasteiger partial charge in [0.1, 0.15) is 18.1 Å². The first kappa shape index (κ1) is 29.3. The van der Waals surface area contributed by atoms with E-state index in [2.05, 4.69) is 18.2 Å². The largest absolute Gasteiger partial charge is 0.488 e. The number of carbonyl (C=O) groups is 1. The van der Waals surface area contributed by atoms with Crippen molar-refractivity contribution in [1.82, 2.24) is 0 Å². The summed E-state index contributed by atoms with van der Waals surface area (Å²) in [4.78, 5) is 11.6. The number of fused-ring (bicyclic) bond motifs is 3. The molecule has 0 saturated carbocycles. The zero-order valence-corrected chi connectivity index (χ0v) is 25.8. The number of rotatable bonds is 10. The third-order valence-electron chi connectivity index (χ3n) is 8.53. The predicted octanol–water partition coefficient (Wildman–Crippen LogP) is 8.26. The zero-order chi connectivity index (χ0) is 32.5. The maximum Gasteiger partial charge on any atom is 0.341 e. The van der Waals surface area contributed by atoms with Crippen LogP contribution in [0.5, 0.6) is 34.5 Å². The number of aliphatic carboxylic acids is 1. The normalized spacial score (nSPS) is 12.7. The van der Waals surface area contributed by atoms with E-state index in [-0.39, 0.29) is 13.6 Å². The first-order valence-electron chi connectivity index (χ1n) is 15.6. The number of carboxylic acids is 1. The Morgan fingerprint density at radius 1 is 0.625 bits per heavy atom. The highest BCUT2D eigenvalue weighted by molar-refractivity contribution is 5.95. The molecule has 0 amide bonds. The van der Waals surface area contributed by atoms with Crippen molar-refractivity contribution in [3.05, 3.63) is 132 Å². The van der Waals surface area contributed by atoms with E-state index in [4.69, 9.17) is 28.4 Å². The molecule has 0 unspecified atom stereocenters. The first-order valence-corrected chi connectivity index (χ1v) is 15.6. The monoisotopic (exact) mass is 638 g/mol. The van der Waals surface area contributed by atoms with Crippen molar-refractivity contribution in [3.8, 4) is 56.8 Å². The summed E-state index contributed by atoms with van der Waals surface area (Å²) in [6, 6.07) is 37.9. The Morgan fingerprint density at radius 2 is 1.29 bits per heavy atom. The number of ether oxygens (including phenoxy) is 6. The summed E-state index contributed by atoms with van der Waals surface area (Å²) in [5.41, 5.74) is 6.74. The standard InChI is InChI=1S/C40H30O8/c41-40(42)22-44-34-13-10-27-16-32(29-12-15-36-39(19-29)48-24-46-36)37(43-21-25-6-2-1-3-7-25)20-31(27)33(34)17-26-8-4-5-9-30(26)28-11-14-35-38(18-28)47-23-45-35/h1-16,18-20H,17,21-24H2,(H,41,42). The molecule has 2 heterocycles. The van der Waals surface area contributed by atoms with E-state index >= 15 is 0 Å². The Morgan fingerprint density at radius 3 is 2.02 bits per heavy atom. The molecule has 0 spiro atoms. The summed E-state index contributed by atoms with van der Waals surface area (Å²) < 4.78 is 34.9. The van der Waals surface area contributed by atoms with E-state index < -0.39 is 12.6 Å². The highest BCUT2D eigenvalue weighted by Gasteiger charge is 2.21. The van der Waals surface area contributed by atoms with Gasteiger partial charge in [0.15, 0.2) is 29.6 Å². The van der Waals surface area contributed by atoms with Gasteiger partial charge in [0.25, 0.3) is 0 Å². The summed E-state index contributed by atoms with van der Waals surface area (Å²) in [5, 5.41) is 11.3. The Balaban J connectivity index is 1.26. The van der Waals surface area contributed by atoms with E-state index in [9.17, 15) is 9.90 Å². The molecule has 2 aliphatic rings. The van der Waals surface area contributed by atoms with Crippen LogP contribution >= 0.6 is 0 Å². The molecule has 6 aromatic carbocycles. The highest BCUT2D eigenvalue weighted by atomic mass is 16.7. The maximum atomic E-state index is 11.6. The number of benzene rings is 6. The van der Waals surface area contributed by atoms with Gasteiger partial charge in [-0.2, -0.15) is 0 Å². The van der Waals surface area contributed by atoms with Gasteiger partial charge in [-0.05, 0) is 81.1 Å². The Hall–Kier alpha value is -6.15. The molecular formula is C40H30O8. The van der Waals surface area contributed by atoms with Crippen LogP contribution in [0.15, 0.2) is 115 Å². The lowest BCUT2D eigenvalue weighted by atomic mass is 9.90. The summed E-state index contributed by atoms with van der Waals surface area (Å²) >= 11 is 0. The van der Waals surface area contributed by atoms with Crippen LogP contribution in [0.3, 0.4) is 0 Å². The van der Waals surface area contributed by atoms with Crippen molar-refractivity contribution in [3.63, 3.8) is 0 Å². The number of hydrogen-bond donors (Lipinski definition) is 1. The first-order chi connectivity index (χ1) is 23.6. The van der Waals surface area contributed by atoms with E-state index in [1.807, 2.05) is 97.1 Å². The molecule has 0 atom stereocenters. The quantitative estimate of drug-likeness (QED) is 0.160. The molecule has 0 aromatic heterocycles. The second-order valence-electron chi connectivity index (χ2n) is 11.5. The van der Waals surface area contributed by atoms with Crippen LogP contribution in [-0.2, 0) is 17.8 Å². The average Bonchev–Trinajstić information content (AvgIpc) is 3.80. The van der Waals surface area contributed by atoms with Crippen molar-refractivity contribution in [2.24, 2.45) is 0 Å². The van der Waals surface area contributed by atoms with Gasteiger partial charge in [-0.1, -0.05) is 72.8 Å². The van der Waals surface area contributed by atoms with Crippen LogP contribution in [0.1, 0.15) is 16.7 Å². The average molecular weight is 639 g/mol. The van der Waals surface area contributed by atoms with Crippen LogP contribution in [0.2, 0.25) is 0 Å². The summed E-state index contributed by atoms with van der Waals surface area (Å²) in [6.07, 6.45) is 0.471. The van der Waals surface area contributed by atoms with E-state index in [1.165, 1.54) is 0 Å². The van der Waals surface area contributed by atoms with Crippen molar-refractivity contribution in [2.75, 3.05) is 20.2 Å². The van der Waals surface area contributed by atoms with Crippen molar-refractivity contribution < 1.29 is 38.3 Å². The minimum absolute atomic E-state index is 0.185. The fourth-order valence-corrected chi connectivity index (χ4v) is 6.21. The summed E-state index contributed by atoms with van der Waals surface area (Å²) in [7, 11) is 0. The molecule has 6 aromatic rings. The van der Waals surface area contributed by atoms with E-state index in [0.717, 1.165) is 55.5 Å². The van der Waals surface area contributed by atoms with Crippen molar-refractivity contribution in [2.45, 2.75) is 13.0 Å². The smallest absolute Gasteiger partial charge is 0.341 e. The van der Waals surface area contributed by atoms with Gasteiger partial charge in [-0.3, -0.25) is 0 Å². The SMILES string of the molecule is O=C(O)COc1ccc2cc(-c3ccc4c(c3)OCO4)c(OCc3ccccc3)cc2c1Cc1ccccc1-c1ccc2c(c1)OCO2. The lowest BCUT2D eigenvalue weighted by Gasteiger charge is -2.19. The summed E-state index contributed by atoms with van der Waals surface area (Å²) in [5.74, 6) is 2.92. The Labute approximate surface area is 276 Å². The van der Waals surface area contributed by atoms with Gasteiger partial charge in [0, 0.05) is 17.5 Å². The van der Waals surface area contributed by atoms with Gasteiger partial charge in [-0.25, -0.2) is 4.79 Å². The topological polar surface area (TPSA) is 92.7 Å². The molecule has 1 N–H and O–H groups in total. The molecule has 0 radical (unpaired) electrons. The predicted molar refractivity (Wildman–Crippen MR) is 180 cm³/mol. The Kier molecular flexibility index (Phi) is 7.66. The molecule has 0 fully saturated rings. The highest BCUT2D eigenvalue weighted by Crippen LogP contribution is 2.43. The molecule has 8 rings (SSSR count). The van der Waals surface area contributed by atoms with Gasteiger partial charge >= 0.3 is 5.97 Å². The zero-order valence-electron chi connectivity index (χ0n) is 25.8. The lowest BCUT2D eigenvalue weighted by molar-refractivity contribution is -0.139. The molecule has 8 nitrogen and oxygen atoms in total. The second kappa shape index (κ2) is 12.6. The molecule has 238 valence electrons. The van der Waals surface area contributed by atoms with Crippen LogP contribution in [0, 0.1) is 0 Å². The lowest BCUT2D eigenvalue weighted by Crippen LogP contribution is -2.11. The van der Waals surface area contributed by atoms with Gasteiger partial charge in [-0.15, -0.1) is 0 Å². The molecule has 0 aliphatic carbocycles. The second-order valence-corrected chi connectivity index (χ2v) is 11.5. The van der Waals surface area contributed by atoms with Crippen LogP contribution in [0.4, 0.5) is 0 Å². The van der Waals surface area contributed by atoms with Crippen LogP contribution < -0.4 is 28.4 Å². The Bertz CT molecular complexity index is 2160. The third kappa shape index (κ3) is 5.80. The number of hydrogen-bond acceptors (Lipinski definition) is 7. The van der Waals surface area contributed by atoms with Crippen LogP contribution in [-0.4, -0.2) is 31.3 Å². The van der Waals surface area contributed by atoms with Crippen molar-refractivity contribution >= 4 is 16.7 Å². The fourth-order valence-electron chi connectivity index (χ4n) is 6.21. The molecule has 8 heteroatoms. The number of carboxylic acid groups (broad SMARTS) is 1. The minimum Gasteiger partial charge on any atom is -0.488 e. The van der Waals surface area contributed by atoms with E-state index in [0.29, 0.717) is 41.8 Å². The van der Waals surface area contributed by atoms with E-state index in [1.54, 1.807) is 0 Å². The van der Waals surface area contributed by atoms with Crippen LogP contribution in [0.25, 0.3) is 33.0 Å². The van der Waals surface area contributed by atoms with Crippen molar-refractivity contribution in [1.29, 1.82) is 0 Å². The van der Waals surface area contributed by atoms with Gasteiger partial charge in [0.05, 0.1) is 0 Å². The molecular weight excluding hydrogens is 608 g/mol. The third-order valence-corrected chi connectivity index (χ3v) is 8.53. The van der Waals surface area contributed by atoms with Gasteiger partial charge < -0.3 is 33.5 Å². The molecule has 0 saturated heterocycles. The molecule has 0 bridgehead atoms. The molecule has 2 aliphatic heterocycles. The minimum atomic E-state index is -1.05. The fraction of sp³-hybridized carbons (Fsp3) is 0.125.